The van der Waals surface area contributed by atoms with E-state index in [1.165, 1.54) is 48.5 Å². The lowest BCUT2D eigenvalue weighted by Crippen LogP contribution is -2.17. The summed E-state index contributed by atoms with van der Waals surface area (Å²) in [5.74, 6) is -0.883. The lowest BCUT2D eigenvalue weighted by atomic mass is 10.2. The number of nitrogens with zero attached hydrogens (tertiary/aromatic N) is 1. The first-order valence-corrected chi connectivity index (χ1v) is 8.38. The molecule has 1 aliphatic heterocycles. The second-order valence-electron chi connectivity index (χ2n) is 5.95. The second-order valence-corrected chi connectivity index (χ2v) is 5.95. The van der Waals surface area contributed by atoms with Gasteiger partial charge < -0.3 is 14.2 Å². The van der Waals surface area contributed by atoms with E-state index in [2.05, 4.69) is 0 Å². The molecule has 27 heavy (non-hydrogen) atoms. The molecule has 0 spiro atoms. The summed E-state index contributed by atoms with van der Waals surface area (Å²) in [6.45, 7) is 0.909. The molecule has 2 aromatic rings. The summed E-state index contributed by atoms with van der Waals surface area (Å²) in [6.07, 6.45) is 1.80. The van der Waals surface area contributed by atoms with E-state index in [4.69, 9.17) is 14.2 Å². The molecule has 140 valence electrons. The first kappa shape index (κ1) is 18.5. The summed E-state index contributed by atoms with van der Waals surface area (Å²) < 4.78 is 15.8. The van der Waals surface area contributed by atoms with Crippen LogP contribution in [0.4, 0.5) is 5.69 Å². The van der Waals surface area contributed by atoms with Gasteiger partial charge in [-0.25, -0.2) is 9.59 Å². The van der Waals surface area contributed by atoms with Crippen molar-refractivity contribution in [3.05, 3.63) is 69.8 Å². The maximum absolute atomic E-state index is 12.1. The average molecular weight is 371 g/mol. The Balaban J connectivity index is 1.55. The third-order valence-electron chi connectivity index (χ3n) is 4.04. The Morgan fingerprint density at radius 2 is 1.67 bits per heavy atom. The van der Waals surface area contributed by atoms with E-state index in [1.807, 2.05) is 0 Å². The number of carbonyl (C=O) groups is 2. The van der Waals surface area contributed by atoms with Crippen molar-refractivity contribution >= 4 is 17.6 Å². The van der Waals surface area contributed by atoms with Crippen molar-refractivity contribution in [2.45, 2.75) is 18.9 Å². The van der Waals surface area contributed by atoms with Gasteiger partial charge in [0.1, 0.15) is 12.4 Å². The number of hydrogen-bond acceptors (Lipinski definition) is 7. The molecule has 0 saturated carbocycles. The monoisotopic (exact) mass is 371 g/mol. The highest BCUT2D eigenvalue weighted by Gasteiger charge is 2.18. The van der Waals surface area contributed by atoms with Crippen molar-refractivity contribution in [2.24, 2.45) is 0 Å². The zero-order chi connectivity index (χ0) is 19.2. The lowest BCUT2D eigenvalue weighted by Gasteiger charge is -2.10. The predicted octanol–water partition coefficient (Wildman–Crippen LogP) is 3.15. The maximum atomic E-state index is 12.1. The van der Waals surface area contributed by atoms with Crippen LogP contribution in [0, 0.1) is 10.1 Å². The molecule has 1 heterocycles. The molecule has 8 nitrogen and oxygen atoms in total. The minimum Gasteiger partial charge on any atom is -0.459 e. The van der Waals surface area contributed by atoms with Crippen molar-refractivity contribution in [3.8, 4) is 5.75 Å². The highest BCUT2D eigenvalue weighted by molar-refractivity contribution is 5.92. The quantitative estimate of drug-likeness (QED) is 0.332. The molecule has 8 heteroatoms. The third-order valence-corrected chi connectivity index (χ3v) is 4.04. The van der Waals surface area contributed by atoms with Gasteiger partial charge in [-0.05, 0) is 49.2 Å². The predicted molar refractivity (Wildman–Crippen MR) is 93.8 cm³/mol. The fourth-order valence-corrected chi connectivity index (χ4v) is 2.57. The normalized spacial score (nSPS) is 15.9. The number of rotatable bonds is 6. The number of carbonyl (C=O) groups excluding carboxylic acids is 2. The van der Waals surface area contributed by atoms with Crippen LogP contribution in [0.1, 0.15) is 33.6 Å². The van der Waals surface area contributed by atoms with E-state index in [1.54, 1.807) is 0 Å². The molecular formula is C19H17NO7. The average Bonchev–Trinajstić information content (AvgIpc) is 3.20. The summed E-state index contributed by atoms with van der Waals surface area (Å²) in [4.78, 5) is 34.1. The smallest absolute Gasteiger partial charge is 0.343 e. The van der Waals surface area contributed by atoms with E-state index in [0.29, 0.717) is 12.2 Å². The van der Waals surface area contributed by atoms with Crippen molar-refractivity contribution in [3.63, 3.8) is 0 Å². The van der Waals surface area contributed by atoms with Crippen LogP contribution in [0.3, 0.4) is 0 Å². The molecule has 1 fully saturated rings. The Kier molecular flexibility index (Phi) is 5.77. The fraction of sp³-hybridized carbons (Fsp3) is 0.263. The van der Waals surface area contributed by atoms with Crippen LogP contribution in [0.15, 0.2) is 48.5 Å². The summed E-state index contributed by atoms with van der Waals surface area (Å²) in [5, 5.41) is 10.6. The Bertz CT molecular complexity index is 824. The number of ether oxygens (including phenoxy) is 3. The highest BCUT2D eigenvalue weighted by atomic mass is 16.6. The summed E-state index contributed by atoms with van der Waals surface area (Å²) in [6, 6.07) is 11.0. The maximum Gasteiger partial charge on any atom is 0.343 e. The van der Waals surface area contributed by atoms with Gasteiger partial charge in [-0.3, -0.25) is 10.1 Å². The van der Waals surface area contributed by atoms with E-state index < -0.39 is 16.9 Å². The van der Waals surface area contributed by atoms with Gasteiger partial charge >= 0.3 is 11.9 Å². The zero-order valence-corrected chi connectivity index (χ0v) is 14.3. The van der Waals surface area contributed by atoms with Gasteiger partial charge in [-0.15, -0.1) is 0 Å². The zero-order valence-electron chi connectivity index (χ0n) is 14.3. The van der Waals surface area contributed by atoms with E-state index in [0.717, 1.165) is 12.8 Å². The van der Waals surface area contributed by atoms with Crippen LogP contribution >= 0.6 is 0 Å². The number of nitro groups is 1. The molecule has 0 N–H and O–H groups in total. The molecule has 1 saturated heterocycles. The summed E-state index contributed by atoms with van der Waals surface area (Å²) in [5.41, 5.74) is 0.404. The molecule has 1 atom stereocenters. The number of non-ortho nitro benzene ring substituents is 1. The largest absolute Gasteiger partial charge is 0.459 e. The van der Waals surface area contributed by atoms with Crippen LogP contribution in [0.25, 0.3) is 0 Å². The van der Waals surface area contributed by atoms with Gasteiger partial charge in [-0.2, -0.15) is 0 Å². The number of nitro benzene ring substituents is 1. The van der Waals surface area contributed by atoms with Crippen LogP contribution in [0.2, 0.25) is 0 Å². The van der Waals surface area contributed by atoms with Gasteiger partial charge in [0.25, 0.3) is 5.69 Å². The number of esters is 2. The van der Waals surface area contributed by atoms with Crippen LogP contribution in [-0.4, -0.2) is 36.2 Å². The number of benzene rings is 2. The third kappa shape index (κ3) is 4.89. The molecule has 1 aliphatic rings. The summed E-state index contributed by atoms with van der Waals surface area (Å²) in [7, 11) is 0. The van der Waals surface area contributed by atoms with Crippen LogP contribution in [0.5, 0.6) is 5.75 Å². The van der Waals surface area contributed by atoms with Crippen molar-refractivity contribution in [2.75, 3.05) is 13.2 Å². The Labute approximate surface area is 154 Å². The molecule has 0 radical (unpaired) electrons. The molecule has 3 rings (SSSR count). The molecule has 0 aliphatic carbocycles. The Morgan fingerprint density at radius 1 is 1.04 bits per heavy atom. The molecule has 0 aromatic heterocycles. The topological polar surface area (TPSA) is 105 Å². The minimum atomic E-state index is -0.654. The highest BCUT2D eigenvalue weighted by Crippen LogP contribution is 2.18. The van der Waals surface area contributed by atoms with Gasteiger partial charge in [0, 0.05) is 18.7 Å². The van der Waals surface area contributed by atoms with Crippen molar-refractivity contribution in [1.82, 2.24) is 0 Å². The summed E-state index contributed by atoms with van der Waals surface area (Å²) >= 11 is 0. The van der Waals surface area contributed by atoms with E-state index in [9.17, 15) is 19.7 Å². The van der Waals surface area contributed by atoms with Crippen LogP contribution in [-0.2, 0) is 9.47 Å². The molecule has 0 bridgehead atoms. The van der Waals surface area contributed by atoms with Gasteiger partial charge in [0.2, 0.25) is 0 Å². The van der Waals surface area contributed by atoms with E-state index >= 15 is 0 Å². The fourth-order valence-electron chi connectivity index (χ4n) is 2.57. The lowest BCUT2D eigenvalue weighted by molar-refractivity contribution is -0.384. The van der Waals surface area contributed by atoms with Crippen molar-refractivity contribution < 1.29 is 28.7 Å². The van der Waals surface area contributed by atoms with Gasteiger partial charge in [0.05, 0.1) is 22.2 Å². The Morgan fingerprint density at radius 3 is 2.26 bits per heavy atom. The molecule has 0 amide bonds. The second kappa shape index (κ2) is 8.41. The minimum absolute atomic E-state index is 0.0455. The standard InChI is InChI=1S/C19H17NO7/c21-18(26-12-17-2-1-11-25-17)13-5-9-16(10-6-13)27-19(22)14-3-7-15(8-4-14)20(23)24/h3-10,17H,1-2,11-12H2. The van der Waals surface area contributed by atoms with E-state index in [-0.39, 0.29) is 29.7 Å². The van der Waals surface area contributed by atoms with Gasteiger partial charge in [0.15, 0.2) is 0 Å². The SMILES string of the molecule is O=C(OCC1CCCO1)c1ccc(OC(=O)c2ccc([N+](=O)[O-])cc2)cc1. The molecule has 1 unspecified atom stereocenters. The molecular weight excluding hydrogens is 354 g/mol. The van der Waals surface area contributed by atoms with Crippen LogP contribution < -0.4 is 4.74 Å². The number of hydrogen-bond donors (Lipinski definition) is 0. The van der Waals surface area contributed by atoms with Crippen molar-refractivity contribution in [1.29, 1.82) is 0 Å². The molecule has 2 aromatic carbocycles. The first-order valence-electron chi connectivity index (χ1n) is 8.38. The van der Waals surface area contributed by atoms with Gasteiger partial charge in [-0.1, -0.05) is 0 Å². The first-order chi connectivity index (χ1) is 13.0. The Hall–Kier alpha value is -3.26.